The van der Waals surface area contributed by atoms with E-state index in [1.54, 1.807) is 6.07 Å². The van der Waals surface area contributed by atoms with Gasteiger partial charge < -0.3 is 30.1 Å². The number of amides is 4. The van der Waals surface area contributed by atoms with Crippen LogP contribution in [0.2, 0.25) is 5.02 Å². The summed E-state index contributed by atoms with van der Waals surface area (Å²) in [7, 11) is 0. The number of rotatable bonds is 4. The SMILES string of the molecule is O=C(N[C@H]1CCCCC/C=C\[C@H]2C[C@]2(C(=O)O)NC(=O)[C@@H]2C[C@@H](OC(=O)N3Cc4cccc(Cl)c4C3)CN2C1=O)OC1CCCC1. The van der Waals surface area contributed by atoms with Crippen molar-refractivity contribution in [3.05, 3.63) is 46.5 Å². The maximum atomic E-state index is 14.1. The molecule has 1 aromatic carbocycles. The second kappa shape index (κ2) is 13.5. The molecule has 5 aliphatic rings. The third-order valence-corrected chi connectivity index (χ3v) is 10.3. The zero-order valence-corrected chi connectivity index (χ0v) is 26.5. The summed E-state index contributed by atoms with van der Waals surface area (Å²) in [6, 6.07) is 3.42. The molecular weight excluding hydrogens is 616 g/mol. The molecule has 0 spiro atoms. The molecule has 1 aromatic rings. The van der Waals surface area contributed by atoms with Gasteiger partial charge in [-0.25, -0.2) is 14.4 Å². The Kier molecular flexibility index (Phi) is 9.44. The van der Waals surface area contributed by atoms with Crippen LogP contribution in [0.15, 0.2) is 30.4 Å². The van der Waals surface area contributed by atoms with Crippen molar-refractivity contribution in [3.63, 3.8) is 0 Å². The summed E-state index contributed by atoms with van der Waals surface area (Å²) in [5.74, 6) is -2.62. The molecule has 3 fully saturated rings. The van der Waals surface area contributed by atoms with Crippen molar-refractivity contribution in [2.45, 2.75) is 114 Å². The number of benzene rings is 1. The van der Waals surface area contributed by atoms with E-state index in [0.717, 1.165) is 56.1 Å². The molecule has 5 atom stereocenters. The molecule has 4 amide bonds. The van der Waals surface area contributed by atoms with E-state index in [1.807, 2.05) is 24.3 Å². The molecule has 2 saturated carbocycles. The summed E-state index contributed by atoms with van der Waals surface area (Å²) >= 11 is 6.33. The number of fused-ring (bicyclic) bond motifs is 3. The molecule has 2 aliphatic carbocycles. The molecule has 1 saturated heterocycles. The number of carbonyl (C=O) groups is 5. The van der Waals surface area contributed by atoms with E-state index in [-0.39, 0.29) is 38.0 Å². The van der Waals surface area contributed by atoms with Crippen LogP contribution in [0.3, 0.4) is 0 Å². The highest BCUT2D eigenvalue weighted by molar-refractivity contribution is 6.31. The Hall–Kier alpha value is -3.80. The Labute approximate surface area is 272 Å². The van der Waals surface area contributed by atoms with Crippen LogP contribution in [0.4, 0.5) is 9.59 Å². The predicted octanol–water partition coefficient (Wildman–Crippen LogP) is 4.28. The second-order valence-corrected chi connectivity index (χ2v) is 13.5. The number of ether oxygens (including phenoxy) is 2. The fourth-order valence-corrected chi connectivity index (χ4v) is 7.46. The first-order valence-electron chi connectivity index (χ1n) is 16.4. The number of hydrogen-bond acceptors (Lipinski definition) is 7. The summed E-state index contributed by atoms with van der Waals surface area (Å²) in [4.78, 5) is 69.3. The Morgan fingerprint density at radius 2 is 1.78 bits per heavy atom. The largest absolute Gasteiger partial charge is 0.479 e. The van der Waals surface area contributed by atoms with Crippen molar-refractivity contribution in [2.75, 3.05) is 6.54 Å². The fourth-order valence-electron chi connectivity index (χ4n) is 7.21. The van der Waals surface area contributed by atoms with Gasteiger partial charge in [0.15, 0.2) is 0 Å². The summed E-state index contributed by atoms with van der Waals surface area (Å²) < 4.78 is 11.4. The first-order valence-corrected chi connectivity index (χ1v) is 16.7. The van der Waals surface area contributed by atoms with E-state index in [9.17, 15) is 29.1 Å². The Morgan fingerprint density at radius 1 is 1.00 bits per heavy atom. The zero-order chi connectivity index (χ0) is 32.4. The monoisotopic (exact) mass is 656 g/mol. The second-order valence-electron chi connectivity index (χ2n) is 13.1. The van der Waals surface area contributed by atoms with Crippen LogP contribution in [0.5, 0.6) is 0 Å². The number of carboxylic acid groups (broad SMARTS) is 1. The minimum absolute atomic E-state index is 0.0136. The number of carboxylic acids is 1. The number of hydrogen-bond donors (Lipinski definition) is 3. The third kappa shape index (κ3) is 6.82. The van der Waals surface area contributed by atoms with Crippen molar-refractivity contribution in [1.82, 2.24) is 20.4 Å². The molecule has 0 bridgehead atoms. The maximum absolute atomic E-state index is 14.1. The van der Waals surface area contributed by atoms with Crippen LogP contribution in [0.25, 0.3) is 0 Å². The number of aliphatic carboxylic acids is 1. The predicted molar refractivity (Wildman–Crippen MR) is 166 cm³/mol. The van der Waals surface area contributed by atoms with Crippen molar-refractivity contribution >= 4 is 41.6 Å². The average Bonchev–Trinajstić information content (AvgIpc) is 3.45. The highest BCUT2D eigenvalue weighted by Crippen LogP contribution is 2.45. The number of allylic oxidation sites excluding steroid dienone is 1. The van der Waals surface area contributed by atoms with Crippen molar-refractivity contribution in [2.24, 2.45) is 5.92 Å². The minimum atomic E-state index is -1.46. The summed E-state index contributed by atoms with van der Waals surface area (Å²) in [5, 5.41) is 16.1. The lowest BCUT2D eigenvalue weighted by Gasteiger charge is -2.29. The van der Waals surface area contributed by atoms with Crippen LogP contribution < -0.4 is 10.6 Å². The van der Waals surface area contributed by atoms with E-state index >= 15 is 0 Å². The normalized spacial score (nSPS) is 30.6. The van der Waals surface area contributed by atoms with Gasteiger partial charge in [-0.3, -0.25) is 14.5 Å². The molecule has 3 heterocycles. The fraction of sp³-hybridized carbons (Fsp3) is 0.606. The maximum Gasteiger partial charge on any atom is 0.410 e. The molecule has 0 radical (unpaired) electrons. The lowest BCUT2D eigenvalue weighted by atomic mass is 10.0. The van der Waals surface area contributed by atoms with Gasteiger partial charge in [-0.2, -0.15) is 0 Å². The van der Waals surface area contributed by atoms with Crippen molar-refractivity contribution in [1.29, 1.82) is 0 Å². The molecule has 46 heavy (non-hydrogen) atoms. The van der Waals surface area contributed by atoms with E-state index < -0.39 is 53.7 Å². The Bertz CT molecular complexity index is 1410. The molecule has 6 rings (SSSR count). The van der Waals surface area contributed by atoms with E-state index in [1.165, 1.54) is 9.80 Å². The first kappa shape index (κ1) is 32.2. The molecule has 13 heteroatoms. The Balaban J connectivity index is 1.21. The molecule has 3 N–H and O–H groups in total. The number of halogens is 1. The topological polar surface area (TPSA) is 155 Å². The van der Waals surface area contributed by atoms with Gasteiger partial charge in [0.1, 0.15) is 29.8 Å². The van der Waals surface area contributed by atoms with Gasteiger partial charge in [0.05, 0.1) is 13.1 Å². The smallest absolute Gasteiger partial charge is 0.410 e. The first-order chi connectivity index (χ1) is 22.1. The van der Waals surface area contributed by atoms with Gasteiger partial charge in [-0.15, -0.1) is 0 Å². The third-order valence-electron chi connectivity index (χ3n) is 9.94. The summed E-state index contributed by atoms with van der Waals surface area (Å²) in [5.41, 5.74) is 0.310. The molecule has 0 unspecified atom stereocenters. The van der Waals surface area contributed by atoms with Crippen LogP contribution in [0.1, 0.15) is 81.8 Å². The van der Waals surface area contributed by atoms with Gasteiger partial charge in [0.2, 0.25) is 11.8 Å². The van der Waals surface area contributed by atoms with Crippen LogP contribution in [0, 0.1) is 5.92 Å². The van der Waals surface area contributed by atoms with Crippen LogP contribution >= 0.6 is 11.6 Å². The van der Waals surface area contributed by atoms with E-state index in [0.29, 0.717) is 24.4 Å². The number of carbonyl (C=O) groups excluding carboxylic acids is 4. The van der Waals surface area contributed by atoms with Gasteiger partial charge in [-0.05, 0) is 68.6 Å². The quantitative estimate of drug-likeness (QED) is 0.406. The molecular formula is C33H41ClN4O8. The van der Waals surface area contributed by atoms with Gasteiger partial charge in [0, 0.05) is 23.9 Å². The lowest BCUT2D eigenvalue weighted by Crippen LogP contribution is -2.56. The molecule has 0 aromatic heterocycles. The standard InChI is InChI=1S/C33H41ClN4O8/c34-25-13-8-9-20-17-37(19-24(20)25)32(44)46-23-15-27-28(39)36-33(30(41)42)16-21(33)10-4-2-1-3-5-14-26(29(40)38(27)18-23)35-31(43)45-22-11-6-7-12-22/h4,8-10,13,21-23,26-27H,1-3,5-7,11-12,14-19H2,(H,35,43)(H,36,39)(H,41,42)/b10-4-/t21-,23+,26-,27-,33-/m0/s1. The average molecular weight is 657 g/mol. The number of nitrogens with zero attached hydrogens (tertiary/aromatic N) is 2. The van der Waals surface area contributed by atoms with Crippen LogP contribution in [-0.4, -0.2) is 81.3 Å². The summed E-state index contributed by atoms with van der Waals surface area (Å²) in [6.45, 7) is 0.515. The molecule has 248 valence electrons. The zero-order valence-electron chi connectivity index (χ0n) is 25.8. The Morgan fingerprint density at radius 3 is 2.54 bits per heavy atom. The number of alkyl carbamates (subject to hydrolysis) is 1. The molecule has 12 nitrogen and oxygen atoms in total. The van der Waals surface area contributed by atoms with Crippen molar-refractivity contribution < 1.29 is 38.6 Å². The van der Waals surface area contributed by atoms with E-state index in [2.05, 4.69) is 10.6 Å². The highest BCUT2D eigenvalue weighted by Gasteiger charge is 2.61. The lowest BCUT2D eigenvalue weighted by molar-refractivity contribution is -0.145. The number of nitrogens with one attached hydrogen (secondary N) is 2. The highest BCUT2D eigenvalue weighted by atomic mass is 35.5. The van der Waals surface area contributed by atoms with Gasteiger partial charge >= 0.3 is 18.2 Å². The summed E-state index contributed by atoms with van der Waals surface area (Å²) in [6.07, 6.45) is 8.62. The van der Waals surface area contributed by atoms with Gasteiger partial charge in [0.25, 0.3) is 0 Å². The molecule has 3 aliphatic heterocycles. The van der Waals surface area contributed by atoms with E-state index in [4.69, 9.17) is 21.1 Å². The van der Waals surface area contributed by atoms with Crippen LogP contribution in [-0.2, 0) is 36.9 Å². The minimum Gasteiger partial charge on any atom is -0.479 e. The van der Waals surface area contributed by atoms with Gasteiger partial charge in [-0.1, -0.05) is 48.7 Å². The van der Waals surface area contributed by atoms with Crippen molar-refractivity contribution in [3.8, 4) is 0 Å².